The number of hydrogen-bond acceptors (Lipinski definition) is 5. The molecule has 2 N–H and O–H groups in total. The number of thiazole rings is 1. The van der Waals surface area contributed by atoms with Gasteiger partial charge in [0.15, 0.2) is 5.13 Å². The number of nitrogens with one attached hydrogen (secondary N) is 2. The van der Waals surface area contributed by atoms with Gasteiger partial charge in [-0.2, -0.15) is 0 Å². The molecule has 1 aliphatic heterocycles. The standard InChI is InChI=1S/C21H19Cl2N5O2S/c22-14-4-6-17(7-5-14)27-8-10-28(11-9-27)19(29)18-13-31-21(25-18)26-20(30)24-16-3-1-2-15(23)12-16/h1-7,12-13H,8-11H2,(H2,24,25,26,30). The molecule has 1 fully saturated rings. The Labute approximate surface area is 193 Å². The van der Waals surface area contributed by atoms with Crippen LogP contribution in [0, 0.1) is 0 Å². The Hall–Kier alpha value is -2.81. The van der Waals surface area contributed by atoms with Gasteiger partial charge in [-0.1, -0.05) is 29.3 Å². The first-order valence-corrected chi connectivity index (χ1v) is 11.2. The molecule has 0 unspecified atom stereocenters. The van der Waals surface area contributed by atoms with E-state index >= 15 is 0 Å². The molecule has 0 radical (unpaired) electrons. The van der Waals surface area contributed by atoms with Crippen LogP contribution in [0.15, 0.2) is 53.9 Å². The highest BCUT2D eigenvalue weighted by atomic mass is 35.5. The van der Waals surface area contributed by atoms with Crippen molar-refractivity contribution in [3.63, 3.8) is 0 Å². The van der Waals surface area contributed by atoms with E-state index in [1.54, 1.807) is 34.5 Å². The fourth-order valence-corrected chi connectivity index (χ4v) is 4.23. The highest BCUT2D eigenvalue weighted by Gasteiger charge is 2.24. The Morgan fingerprint density at radius 2 is 1.68 bits per heavy atom. The number of rotatable bonds is 4. The molecule has 3 aromatic rings. The number of anilines is 3. The van der Waals surface area contributed by atoms with E-state index in [9.17, 15) is 9.59 Å². The molecule has 0 bridgehead atoms. The summed E-state index contributed by atoms with van der Waals surface area (Å²) in [5, 5.41) is 8.56. The summed E-state index contributed by atoms with van der Waals surface area (Å²) in [7, 11) is 0. The fourth-order valence-electron chi connectivity index (χ4n) is 3.24. The van der Waals surface area contributed by atoms with Gasteiger partial charge in [-0.25, -0.2) is 9.78 Å². The van der Waals surface area contributed by atoms with E-state index in [0.29, 0.717) is 39.6 Å². The zero-order chi connectivity index (χ0) is 21.8. The van der Waals surface area contributed by atoms with Gasteiger partial charge in [0.2, 0.25) is 0 Å². The van der Waals surface area contributed by atoms with Crippen LogP contribution in [0.1, 0.15) is 10.5 Å². The third-order valence-corrected chi connectivity index (χ3v) is 6.03. The van der Waals surface area contributed by atoms with E-state index in [0.717, 1.165) is 18.8 Å². The number of nitrogens with zero attached hydrogens (tertiary/aromatic N) is 3. The highest BCUT2D eigenvalue weighted by molar-refractivity contribution is 7.14. The van der Waals surface area contributed by atoms with E-state index in [2.05, 4.69) is 20.5 Å². The second kappa shape index (κ2) is 9.55. The Morgan fingerprint density at radius 3 is 2.39 bits per heavy atom. The third-order valence-electron chi connectivity index (χ3n) is 4.78. The minimum atomic E-state index is -0.452. The molecule has 1 saturated heterocycles. The van der Waals surface area contributed by atoms with Crippen LogP contribution in [-0.2, 0) is 0 Å². The summed E-state index contributed by atoms with van der Waals surface area (Å²) in [6.07, 6.45) is 0. The molecular formula is C21H19Cl2N5O2S. The van der Waals surface area contributed by atoms with Gasteiger partial charge in [-0.15, -0.1) is 11.3 Å². The number of piperazine rings is 1. The molecule has 3 amide bonds. The minimum absolute atomic E-state index is 0.143. The first-order valence-electron chi connectivity index (χ1n) is 9.57. The van der Waals surface area contributed by atoms with Gasteiger partial charge in [-0.05, 0) is 42.5 Å². The van der Waals surface area contributed by atoms with Crippen molar-refractivity contribution < 1.29 is 9.59 Å². The van der Waals surface area contributed by atoms with Crippen molar-refractivity contribution in [3.05, 3.63) is 69.7 Å². The van der Waals surface area contributed by atoms with Crippen molar-refractivity contribution in [2.45, 2.75) is 0 Å². The molecule has 10 heteroatoms. The molecule has 7 nitrogen and oxygen atoms in total. The Morgan fingerprint density at radius 1 is 0.935 bits per heavy atom. The minimum Gasteiger partial charge on any atom is -0.368 e. The van der Waals surface area contributed by atoms with E-state index in [1.165, 1.54) is 11.3 Å². The zero-order valence-corrected chi connectivity index (χ0v) is 18.7. The molecule has 0 atom stereocenters. The lowest BCUT2D eigenvalue weighted by molar-refractivity contribution is 0.0741. The average Bonchev–Trinajstić information content (AvgIpc) is 3.22. The van der Waals surface area contributed by atoms with E-state index in [1.807, 2.05) is 24.3 Å². The molecule has 160 valence electrons. The van der Waals surface area contributed by atoms with Crippen LogP contribution in [0.3, 0.4) is 0 Å². The number of aromatic nitrogens is 1. The molecule has 0 saturated carbocycles. The molecule has 4 rings (SSSR count). The van der Waals surface area contributed by atoms with Crippen molar-refractivity contribution in [2.24, 2.45) is 0 Å². The lowest BCUT2D eigenvalue weighted by atomic mass is 10.2. The van der Waals surface area contributed by atoms with Crippen LogP contribution >= 0.6 is 34.5 Å². The zero-order valence-electron chi connectivity index (χ0n) is 16.3. The maximum absolute atomic E-state index is 12.8. The van der Waals surface area contributed by atoms with E-state index in [4.69, 9.17) is 23.2 Å². The number of urea groups is 1. The lowest BCUT2D eigenvalue weighted by Gasteiger charge is -2.35. The summed E-state index contributed by atoms with van der Waals surface area (Å²) < 4.78 is 0. The average molecular weight is 476 g/mol. The molecule has 1 aromatic heterocycles. The van der Waals surface area contributed by atoms with Gasteiger partial charge in [-0.3, -0.25) is 10.1 Å². The Balaban J connectivity index is 1.31. The number of carbonyl (C=O) groups is 2. The van der Waals surface area contributed by atoms with Gasteiger partial charge >= 0.3 is 6.03 Å². The van der Waals surface area contributed by atoms with Crippen LogP contribution < -0.4 is 15.5 Å². The number of carbonyl (C=O) groups excluding carboxylic acids is 2. The highest BCUT2D eigenvalue weighted by Crippen LogP contribution is 2.22. The van der Waals surface area contributed by atoms with Crippen LogP contribution in [0.25, 0.3) is 0 Å². The normalized spacial score (nSPS) is 13.7. The van der Waals surface area contributed by atoms with Crippen molar-refractivity contribution >= 4 is 63.0 Å². The molecule has 0 spiro atoms. The number of amides is 3. The summed E-state index contributed by atoms with van der Waals surface area (Å²) in [4.78, 5) is 33.2. The topological polar surface area (TPSA) is 77.6 Å². The number of benzene rings is 2. The largest absolute Gasteiger partial charge is 0.368 e. The predicted molar refractivity (Wildman–Crippen MR) is 126 cm³/mol. The van der Waals surface area contributed by atoms with Gasteiger partial charge in [0.1, 0.15) is 5.69 Å². The molecule has 0 aliphatic carbocycles. The van der Waals surface area contributed by atoms with E-state index in [-0.39, 0.29) is 5.91 Å². The first kappa shape index (κ1) is 21.4. The summed E-state index contributed by atoms with van der Waals surface area (Å²) in [5.74, 6) is -0.143. The molecule has 2 heterocycles. The van der Waals surface area contributed by atoms with Crippen LogP contribution in [0.2, 0.25) is 10.0 Å². The fraction of sp³-hybridized carbons (Fsp3) is 0.190. The Kier molecular flexibility index (Phi) is 6.60. The summed E-state index contributed by atoms with van der Waals surface area (Å²) >= 11 is 13.1. The van der Waals surface area contributed by atoms with Gasteiger partial charge in [0.05, 0.1) is 0 Å². The number of halogens is 2. The third kappa shape index (κ3) is 5.46. The van der Waals surface area contributed by atoms with Crippen LogP contribution in [-0.4, -0.2) is 48.0 Å². The second-order valence-corrected chi connectivity index (χ2v) is 8.61. The first-order chi connectivity index (χ1) is 15.0. The smallest absolute Gasteiger partial charge is 0.325 e. The van der Waals surface area contributed by atoms with Crippen molar-refractivity contribution in [1.29, 1.82) is 0 Å². The van der Waals surface area contributed by atoms with E-state index < -0.39 is 6.03 Å². The maximum atomic E-state index is 12.8. The van der Waals surface area contributed by atoms with Gasteiger partial charge in [0.25, 0.3) is 5.91 Å². The Bertz CT molecular complexity index is 1080. The maximum Gasteiger partial charge on any atom is 0.325 e. The van der Waals surface area contributed by atoms with Crippen molar-refractivity contribution in [1.82, 2.24) is 9.88 Å². The quantitative estimate of drug-likeness (QED) is 0.552. The van der Waals surface area contributed by atoms with Crippen LogP contribution in [0.5, 0.6) is 0 Å². The lowest BCUT2D eigenvalue weighted by Crippen LogP contribution is -2.48. The van der Waals surface area contributed by atoms with Gasteiger partial charge < -0.3 is 15.1 Å². The summed E-state index contributed by atoms with van der Waals surface area (Å²) in [6, 6.07) is 14.1. The summed E-state index contributed by atoms with van der Waals surface area (Å²) in [6.45, 7) is 2.64. The monoisotopic (exact) mass is 475 g/mol. The SMILES string of the molecule is O=C(Nc1cccc(Cl)c1)Nc1nc(C(=O)N2CCN(c3ccc(Cl)cc3)CC2)cs1. The summed E-state index contributed by atoms with van der Waals surface area (Å²) in [5.41, 5.74) is 1.97. The molecular weight excluding hydrogens is 457 g/mol. The van der Waals surface area contributed by atoms with Crippen molar-refractivity contribution in [2.75, 3.05) is 41.7 Å². The number of hydrogen-bond donors (Lipinski definition) is 2. The van der Waals surface area contributed by atoms with Crippen LogP contribution in [0.4, 0.5) is 21.3 Å². The predicted octanol–water partition coefficient (Wildman–Crippen LogP) is 5.06. The molecule has 31 heavy (non-hydrogen) atoms. The second-order valence-electron chi connectivity index (χ2n) is 6.88. The van der Waals surface area contributed by atoms with Gasteiger partial charge in [0, 0.05) is 53.0 Å². The molecule has 2 aromatic carbocycles. The van der Waals surface area contributed by atoms with Crippen molar-refractivity contribution in [3.8, 4) is 0 Å². The molecule has 1 aliphatic rings.